The van der Waals surface area contributed by atoms with E-state index in [9.17, 15) is 8.42 Å². The van der Waals surface area contributed by atoms with Gasteiger partial charge in [-0.25, -0.2) is 8.42 Å². The summed E-state index contributed by atoms with van der Waals surface area (Å²) >= 11 is 0. The summed E-state index contributed by atoms with van der Waals surface area (Å²) in [5, 5.41) is 7.41. The van der Waals surface area contributed by atoms with E-state index >= 15 is 0 Å². The minimum Gasteiger partial charge on any atom is -0.314 e. The number of sulfonamides is 1. The van der Waals surface area contributed by atoms with Crippen molar-refractivity contribution in [1.82, 2.24) is 19.4 Å². The number of aromatic nitrogens is 2. The van der Waals surface area contributed by atoms with Gasteiger partial charge in [0.05, 0.1) is 6.20 Å². The van der Waals surface area contributed by atoms with Crippen molar-refractivity contribution < 1.29 is 8.42 Å². The van der Waals surface area contributed by atoms with Gasteiger partial charge < -0.3 is 5.32 Å². The summed E-state index contributed by atoms with van der Waals surface area (Å²) in [6, 6.07) is 1.56. The molecule has 2 heterocycles. The summed E-state index contributed by atoms with van der Waals surface area (Å²) in [6.07, 6.45) is 1.53. The van der Waals surface area contributed by atoms with E-state index in [0.29, 0.717) is 32.7 Å². The largest absolute Gasteiger partial charge is 0.314 e. The topological polar surface area (TPSA) is 67.2 Å². The second kappa shape index (κ2) is 4.52. The lowest BCUT2D eigenvalue weighted by Gasteiger charge is -2.26. The van der Waals surface area contributed by atoms with E-state index < -0.39 is 10.0 Å². The number of aryl methyl sites for hydroxylation is 1. The lowest BCUT2D eigenvalue weighted by molar-refractivity contribution is 0.356. The molecule has 0 saturated carbocycles. The van der Waals surface area contributed by atoms with Gasteiger partial charge in [0.1, 0.15) is 0 Å². The van der Waals surface area contributed by atoms with E-state index in [1.165, 1.54) is 15.2 Å². The van der Waals surface area contributed by atoms with Crippen molar-refractivity contribution in [1.29, 1.82) is 0 Å². The fraction of sp³-hybridized carbons (Fsp3) is 0.667. The van der Waals surface area contributed by atoms with Gasteiger partial charge in [0.2, 0.25) is 0 Å². The Kier molecular flexibility index (Phi) is 3.27. The zero-order chi connectivity index (χ0) is 11.6. The molecule has 1 N–H and O–H groups in total. The van der Waals surface area contributed by atoms with Crippen LogP contribution in [-0.4, -0.2) is 48.7 Å². The molecular formula is C9H16N4O2S. The van der Waals surface area contributed by atoms with Crippen LogP contribution in [0.3, 0.4) is 0 Å². The number of hydrogen-bond donors (Lipinski definition) is 1. The molecule has 0 radical (unpaired) electrons. The summed E-state index contributed by atoms with van der Waals surface area (Å²) in [6.45, 7) is 4.91. The average Bonchev–Trinajstić information content (AvgIpc) is 2.79. The van der Waals surface area contributed by atoms with Crippen LogP contribution in [0.5, 0.6) is 0 Å². The third kappa shape index (κ3) is 1.98. The minimum absolute atomic E-state index is 0.289. The Bertz CT molecular complexity index is 448. The maximum absolute atomic E-state index is 12.3. The molecule has 16 heavy (non-hydrogen) atoms. The van der Waals surface area contributed by atoms with Crippen LogP contribution in [-0.2, 0) is 16.6 Å². The Morgan fingerprint density at radius 3 is 2.75 bits per heavy atom. The molecule has 0 unspecified atom stereocenters. The summed E-state index contributed by atoms with van der Waals surface area (Å²) in [7, 11) is -3.37. The van der Waals surface area contributed by atoms with Gasteiger partial charge in [-0.1, -0.05) is 0 Å². The highest BCUT2D eigenvalue weighted by molar-refractivity contribution is 7.89. The first-order valence-electron chi connectivity index (χ1n) is 5.39. The van der Waals surface area contributed by atoms with Crippen molar-refractivity contribution in [2.45, 2.75) is 18.5 Å². The van der Waals surface area contributed by atoms with Crippen molar-refractivity contribution in [3.63, 3.8) is 0 Å². The zero-order valence-corrected chi connectivity index (χ0v) is 10.1. The summed E-state index contributed by atoms with van der Waals surface area (Å²) in [5.74, 6) is 0. The lowest BCUT2D eigenvalue weighted by atomic mass is 10.4. The molecule has 1 aliphatic heterocycles. The Balaban J connectivity index is 2.30. The molecule has 1 aromatic rings. The summed E-state index contributed by atoms with van der Waals surface area (Å²) in [5.41, 5.74) is 0. The minimum atomic E-state index is -3.37. The lowest BCUT2D eigenvalue weighted by Crippen LogP contribution is -2.46. The van der Waals surface area contributed by atoms with E-state index in [1.807, 2.05) is 6.92 Å². The van der Waals surface area contributed by atoms with Crippen molar-refractivity contribution >= 4 is 10.0 Å². The Hall–Kier alpha value is -0.920. The Labute approximate surface area is 95.3 Å². The van der Waals surface area contributed by atoms with Gasteiger partial charge in [-0.2, -0.15) is 9.40 Å². The van der Waals surface area contributed by atoms with Crippen molar-refractivity contribution in [3.05, 3.63) is 12.3 Å². The highest BCUT2D eigenvalue weighted by Gasteiger charge is 2.28. The molecule has 0 aromatic carbocycles. The van der Waals surface area contributed by atoms with Gasteiger partial charge in [-0.05, 0) is 13.0 Å². The molecule has 1 aromatic heterocycles. The van der Waals surface area contributed by atoms with Crippen LogP contribution in [0.4, 0.5) is 0 Å². The molecule has 2 rings (SSSR count). The standard InChI is InChI=1S/C9H16N4O2S/c1-2-13-9(3-4-11-13)16(14,15)12-7-5-10-6-8-12/h3-4,10H,2,5-8H2,1H3. The van der Waals surface area contributed by atoms with Crippen LogP contribution >= 0.6 is 0 Å². The average molecular weight is 244 g/mol. The first-order chi connectivity index (χ1) is 7.66. The first-order valence-corrected chi connectivity index (χ1v) is 6.83. The second-order valence-electron chi connectivity index (χ2n) is 3.64. The molecule has 90 valence electrons. The molecule has 0 amide bonds. The molecule has 1 aliphatic rings. The molecule has 6 nitrogen and oxygen atoms in total. The van der Waals surface area contributed by atoms with E-state index in [2.05, 4.69) is 10.4 Å². The van der Waals surface area contributed by atoms with Gasteiger partial charge in [-0.15, -0.1) is 0 Å². The number of hydrogen-bond acceptors (Lipinski definition) is 4. The van der Waals surface area contributed by atoms with Gasteiger partial charge in [-0.3, -0.25) is 4.68 Å². The van der Waals surface area contributed by atoms with E-state index in [-0.39, 0.29) is 5.03 Å². The SMILES string of the molecule is CCn1nccc1S(=O)(=O)N1CCNCC1. The summed E-state index contributed by atoms with van der Waals surface area (Å²) < 4.78 is 27.5. The quantitative estimate of drug-likeness (QED) is 0.778. The number of nitrogens with one attached hydrogen (secondary N) is 1. The van der Waals surface area contributed by atoms with Crippen LogP contribution in [0.15, 0.2) is 17.3 Å². The van der Waals surface area contributed by atoms with Crippen molar-refractivity contribution in [3.8, 4) is 0 Å². The van der Waals surface area contributed by atoms with Gasteiger partial charge in [0.15, 0.2) is 5.03 Å². The Morgan fingerprint density at radius 2 is 2.12 bits per heavy atom. The normalized spacial score (nSPS) is 18.8. The van der Waals surface area contributed by atoms with E-state index in [1.54, 1.807) is 6.07 Å². The molecule has 0 spiro atoms. The number of piperazine rings is 1. The number of nitrogens with zero attached hydrogens (tertiary/aromatic N) is 3. The molecule has 0 aliphatic carbocycles. The van der Waals surface area contributed by atoms with Crippen molar-refractivity contribution in [2.24, 2.45) is 0 Å². The van der Waals surface area contributed by atoms with E-state index in [0.717, 1.165) is 0 Å². The fourth-order valence-corrected chi connectivity index (χ4v) is 3.40. The van der Waals surface area contributed by atoms with Gasteiger partial charge in [0.25, 0.3) is 10.0 Å². The molecule has 0 atom stereocenters. The third-order valence-electron chi connectivity index (χ3n) is 2.66. The monoisotopic (exact) mass is 244 g/mol. The van der Waals surface area contributed by atoms with Crippen LogP contribution in [0.2, 0.25) is 0 Å². The van der Waals surface area contributed by atoms with E-state index in [4.69, 9.17) is 0 Å². The molecule has 7 heteroatoms. The molecule has 0 bridgehead atoms. The molecular weight excluding hydrogens is 228 g/mol. The predicted molar refractivity (Wildman–Crippen MR) is 59.5 cm³/mol. The van der Waals surface area contributed by atoms with Gasteiger partial charge in [0, 0.05) is 32.7 Å². The maximum atomic E-state index is 12.3. The summed E-state index contributed by atoms with van der Waals surface area (Å²) in [4.78, 5) is 0. The maximum Gasteiger partial charge on any atom is 0.260 e. The second-order valence-corrected chi connectivity index (χ2v) is 5.52. The number of rotatable bonds is 3. The first kappa shape index (κ1) is 11.6. The highest BCUT2D eigenvalue weighted by Crippen LogP contribution is 2.15. The van der Waals surface area contributed by atoms with Crippen LogP contribution in [0.1, 0.15) is 6.92 Å². The third-order valence-corrected chi connectivity index (χ3v) is 4.58. The van der Waals surface area contributed by atoms with Gasteiger partial charge >= 0.3 is 0 Å². The fourth-order valence-electron chi connectivity index (χ4n) is 1.79. The van der Waals surface area contributed by atoms with Crippen LogP contribution in [0.25, 0.3) is 0 Å². The van der Waals surface area contributed by atoms with Crippen molar-refractivity contribution in [2.75, 3.05) is 26.2 Å². The van der Waals surface area contributed by atoms with Crippen LogP contribution in [0, 0.1) is 0 Å². The smallest absolute Gasteiger partial charge is 0.260 e. The molecule has 1 fully saturated rings. The highest BCUT2D eigenvalue weighted by atomic mass is 32.2. The predicted octanol–water partition coefficient (Wildman–Crippen LogP) is -0.503. The molecule has 1 saturated heterocycles. The Morgan fingerprint density at radius 1 is 1.44 bits per heavy atom. The zero-order valence-electron chi connectivity index (χ0n) is 9.26. The van der Waals surface area contributed by atoms with Crippen LogP contribution < -0.4 is 5.32 Å².